The molecule has 0 aromatic carbocycles. The molecule has 0 saturated heterocycles. The summed E-state index contributed by atoms with van der Waals surface area (Å²) >= 11 is 3.68. The molecular formula is C15H24BrN3O. The van der Waals surface area contributed by atoms with E-state index in [1.807, 2.05) is 0 Å². The van der Waals surface area contributed by atoms with Crippen LogP contribution in [0.2, 0.25) is 0 Å². The van der Waals surface area contributed by atoms with E-state index >= 15 is 0 Å². The topological polar surface area (TPSA) is 47.0 Å². The smallest absolute Gasteiger partial charge is 0.156 e. The van der Waals surface area contributed by atoms with Crippen LogP contribution < -0.4 is 5.32 Å². The van der Waals surface area contributed by atoms with Gasteiger partial charge in [-0.3, -0.25) is 0 Å². The number of hydrogen-bond donors (Lipinski definition) is 1. The fraction of sp³-hybridized carbons (Fsp3) is 0.733. The summed E-state index contributed by atoms with van der Waals surface area (Å²) in [6, 6.07) is 0. The summed E-state index contributed by atoms with van der Waals surface area (Å²) in [5.41, 5.74) is 1.16. The number of rotatable bonds is 7. The van der Waals surface area contributed by atoms with E-state index < -0.39 is 0 Å². The Morgan fingerprint density at radius 1 is 1.25 bits per heavy atom. The molecule has 1 aliphatic carbocycles. The number of hydrogen-bond acceptors (Lipinski definition) is 4. The van der Waals surface area contributed by atoms with Gasteiger partial charge in [0, 0.05) is 19.1 Å². The summed E-state index contributed by atoms with van der Waals surface area (Å²) < 4.78 is 6.62. The van der Waals surface area contributed by atoms with Gasteiger partial charge in [0.05, 0.1) is 10.2 Å². The molecule has 0 unspecified atom stereocenters. The zero-order valence-corrected chi connectivity index (χ0v) is 14.0. The van der Waals surface area contributed by atoms with E-state index in [0.29, 0.717) is 12.5 Å². The highest BCUT2D eigenvalue weighted by molar-refractivity contribution is 9.10. The first-order valence-corrected chi connectivity index (χ1v) is 8.43. The predicted octanol–water partition coefficient (Wildman–Crippen LogP) is 4.26. The molecule has 1 aromatic heterocycles. The Morgan fingerprint density at radius 3 is 2.65 bits per heavy atom. The van der Waals surface area contributed by atoms with Crippen molar-refractivity contribution in [3.8, 4) is 0 Å². The van der Waals surface area contributed by atoms with Crippen LogP contribution in [0, 0.1) is 0 Å². The van der Waals surface area contributed by atoms with Crippen LogP contribution in [0.5, 0.6) is 0 Å². The van der Waals surface area contributed by atoms with E-state index in [-0.39, 0.29) is 0 Å². The number of anilines is 1. The van der Waals surface area contributed by atoms with Crippen molar-refractivity contribution in [3.63, 3.8) is 0 Å². The molecule has 0 spiro atoms. The van der Waals surface area contributed by atoms with Crippen molar-refractivity contribution in [2.45, 2.75) is 58.5 Å². The number of nitrogens with zero attached hydrogens (tertiary/aromatic N) is 2. The lowest BCUT2D eigenvalue weighted by Gasteiger charge is -2.16. The van der Waals surface area contributed by atoms with Crippen LogP contribution in [-0.4, -0.2) is 23.1 Å². The van der Waals surface area contributed by atoms with Gasteiger partial charge in [-0.1, -0.05) is 19.8 Å². The molecule has 4 nitrogen and oxygen atoms in total. The maximum absolute atomic E-state index is 5.59. The van der Waals surface area contributed by atoms with Crippen molar-refractivity contribution in [1.29, 1.82) is 0 Å². The van der Waals surface area contributed by atoms with Gasteiger partial charge in [0.25, 0.3) is 0 Å². The van der Waals surface area contributed by atoms with Gasteiger partial charge in [-0.05, 0) is 42.1 Å². The van der Waals surface area contributed by atoms with Crippen LogP contribution in [0.4, 0.5) is 5.82 Å². The minimum atomic E-state index is 0.499. The molecule has 1 heterocycles. The van der Waals surface area contributed by atoms with Gasteiger partial charge < -0.3 is 10.1 Å². The lowest BCUT2D eigenvalue weighted by Crippen LogP contribution is -2.11. The molecule has 1 aromatic rings. The van der Waals surface area contributed by atoms with Crippen LogP contribution in [0.3, 0.4) is 0 Å². The van der Waals surface area contributed by atoms with Crippen molar-refractivity contribution in [2.75, 3.05) is 18.5 Å². The molecule has 0 aliphatic heterocycles. The average Bonchev–Trinajstić information content (AvgIpc) is 2.96. The van der Waals surface area contributed by atoms with E-state index in [4.69, 9.17) is 9.72 Å². The van der Waals surface area contributed by atoms with Gasteiger partial charge in [0.1, 0.15) is 12.4 Å². The normalized spacial score (nSPS) is 15.8. The molecule has 1 fully saturated rings. The average molecular weight is 342 g/mol. The van der Waals surface area contributed by atoms with Crippen molar-refractivity contribution in [3.05, 3.63) is 16.0 Å². The Balaban J connectivity index is 2.23. The number of nitrogens with one attached hydrogen (secondary N) is 1. The third-order valence-corrected chi connectivity index (χ3v) is 4.37. The second-order valence-electron chi connectivity index (χ2n) is 5.25. The van der Waals surface area contributed by atoms with E-state index in [1.165, 1.54) is 25.7 Å². The van der Waals surface area contributed by atoms with Crippen LogP contribution in [0.25, 0.3) is 0 Å². The molecule has 5 heteroatoms. The zero-order chi connectivity index (χ0) is 14.4. The molecule has 20 heavy (non-hydrogen) atoms. The highest BCUT2D eigenvalue weighted by Crippen LogP contribution is 2.38. The Kier molecular flexibility index (Phi) is 6.23. The molecule has 0 atom stereocenters. The van der Waals surface area contributed by atoms with Gasteiger partial charge in [0.15, 0.2) is 5.82 Å². The third kappa shape index (κ3) is 3.92. The van der Waals surface area contributed by atoms with Gasteiger partial charge in [-0.25, -0.2) is 9.97 Å². The predicted molar refractivity (Wildman–Crippen MR) is 85.1 cm³/mol. The minimum absolute atomic E-state index is 0.499. The number of halogens is 1. The fourth-order valence-electron chi connectivity index (χ4n) is 2.64. The fourth-order valence-corrected chi connectivity index (χ4v) is 3.28. The summed E-state index contributed by atoms with van der Waals surface area (Å²) in [7, 11) is 0. The molecule has 1 saturated carbocycles. The second kappa shape index (κ2) is 7.93. The largest absolute Gasteiger partial charge is 0.373 e. The first-order valence-electron chi connectivity index (χ1n) is 7.64. The van der Waals surface area contributed by atoms with E-state index in [1.54, 1.807) is 0 Å². The number of ether oxygens (including phenoxy) is 1. The molecule has 112 valence electrons. The first kappa shape index (κ1) is 15.7. The van der Waals surface area contributed by atoms with Crippen LogP contribution >= 0.6 is 15.9 Å². The number of aromatic nitrogens is 2. The maximum Gasteiger partial charge on any atom is 0.156 e. The van der Waals surface area contributed by atoms with Gasteiger partial charge >= 0.3 is 0 Å². The van der Waals surface area contributed by atoms with Crippen molar-refractivity contribution in [1.82, 2.24) is 9.97 Å². The first-order chi connectivity index (χ1) is 9.76. The van der Waals surface area contributed by atoms with Crippen LogP contribution in [0.15, 0.2) is 4.47 Å². The molecule has 2 rings (SSSR count). The third-order valence-electron chi connectivity index (χ3n) is 3.59. The Hall–Kier alpha value is -0.680. The van der Waals surface area contributed by atoms with Gasteiger partial charge in [0.2, 0.25) is 0 Å². The van der Waals surface area contributed by atoms with Crippen molar-refractivity contribution in [2.24, 2.45) is 0 Å². The lowest BCUT2D eigenvalue weighted by molar-refractivity contribution is 0.116. The van der Waals surface area contributed by atoms with E-state index in [2.05, 4.69) is 40.1 Å². The Bertz CT molecular complexity index is 433. The summed E-state index contributed by atoms with van der Waals surface area (Å²) in [6.07, 6.45) is 6.09. The molecule has 1 N–H and O–H groups in total. The van der Waals surface area contributed by atoms with Crippen molar-refractivity contribution >= 4 is 21.7 Å². The SMILES string of the molecule is CCCOCc1nc(NCC)c(Br)c(C2CCCC2)n1. The summed E-state index contributed by atoms with van der Waals surface area (Å²) in [5.74, 6) is 2.26. The molecule has 1 aliphatic rings. The maximum atomic E-state index is 5.59. The van der Waals surface area contributed by atoms with Crippen molar-refractivity contribution < 1.29 is 4.74 Å². The van der Waals surface area contributed by atoms with Crippen LogP contribution in [-0.2, 0) is 11.3 Å². The summed E-state index contributed by atoms with van der Waals surface area (Å²) in [4.78, 5) is 9.32. The summed E-state index contributed by atoms with van der Waals surface area (Å²) in [6.45, 7) is 6.30. The molecular weight excluding hydrogens is 318 g/mol. The second-order valence-corrected chi connectivity index (χ2v) is 6.04. The van der Waals surface area contributed by atoms with E-state index in [0.717, 1.165) is 41.4 Å². The zero-order valence-electron chi connectivity index (χ0n) is 12.4. The summed E-state index contributed by atoms with van der Waals surface area (Å²) in [5, 5.41) is 3.32. The molecule has 0 radical (unpaired) electrons. The van der Waals surface area contributed by atoms with Gasteiger partial charge in [-0.15, -0.1) is 0 Å². The lowest BCUT2D eigenvalue weighted by atomic mass is 10.0. The quantitative estimate of drug-likeness (QED) is 0.753. The van der Waals surface area contributed by atoms with Gasteiger partial charge in [-0.2, -0.15) is 0 Å². The highest BCUT2D eigenvalue weighted by atomic mass is 79.9. The standard InChI is InChI=1S/C15H24BrN3O/c1-3-9-20-10-12-18-14(11-7-5-6-8-11)13(16)15(19-12)17-4-2/h11H,3-10H2,1-2H3,(H,17,18,19). The monoisotopic (exact) mass is 341 g/mol. The minimum Gasteiger partial charge on any atom is -0.373 e. The van der Waals surface area contributed by atoms with E-state index in [9.17, 15) is 0 Å². The van der Waals surface area contributed by atoms with Crippen LogP contribution in [0.1, 0.15) is 63.4 Å². The Labute approximate surface area is 129 Å². The molecule has 0 bridgehead atoms. The molecule has 0 amide bonds. The Morgan fingerprint density at radius 2 is 2.00 bits per heavy atom. The highest BCUT2D eigenvalue weighted by Gasteiger charge is 2.23.